The zero-order valence-electron chi connectivity index (χ0n) is 13.9. The van der Waals surface area contributed by atoms with Crippen molar-refractivity contribution >= 4 is 34.8 Å². The molecule has 4 nitrogen and oxygen atoms in total. The minimum Gasteiger partial charge on any atom is -0.351 e. The number of hydrogen-bond acceptors (Lipinski definition) is 3. The van der Waals surface area contributed by atoms with Crippen molar-refractivity contribution in [3.05, 3.63) is 57.2 Å². The van der Waals surface area contributed by atoms with Gasteiger partial charge in [0.1, 0.15) is 0 Å². The molecule has 2 amide bonds. The summed E-state index contributed by atoms with van der Waals surface area (Å²) in [6.45, 7) is 0.563. The maximum atomic E-state index is 12.2. The quantitative estimate of drug-likeness (QED) is 0.774. The molecule has 1 fully saturated rings. The minimum atomic E-state index is -0.342. The molecule has 6 heteroatoms. The monoisotopic (exact) mass is 376 g/mol. The summed E-state index contributed by atoms with van der Waals surface area (Å²) in [7, 11) is 0. The highest BCUT2D eigenvalue weighted by molar-refractivity contribution is 7.09. The largest absolute Gasteiger partial charge is 0.351 e. The molecule has 1 aromatic heterocycles. The van der Waals surface area contributed by atoms with Crippen LogP contribution in [-0.2, 0) is 22.6 Å². The summed E-state index contributed by atoms with van der Waals surface area (Å²) in [4.78, 5) is 25.1. The van der Waals surface area contributed by atoms with Gasteiger partial charge in [0.25, 0.3) is 0 Å². The summed E-state index contributed by atoms with van der Waals surface area (Å²) in [5.41, 5.74) is 0.774. The molecule has 0 radical (unpaired) electrons. The Balaban J connectivity index is 1.57. The second-order valence-corrected chi connectivity index (χ2v) is 7.96. The zero-order valence-corrected chi connectivity index (χ0v) is 15.5. The van der Waals surface area contributed by atoms with Crippen LogP contribution in [0.4, 0.5) is 0 Å². The summed E-state index contributed by atoms with van der Waals surface area (Å²) >= 11 is 7.57. The Hall–Kier alpha value is -1.85. The number of benzene rings is 1. The molecule has 1 aromatic carbocycles. The number of rotatable bonds is 7. The van der Waals surface area contributed by atoms with Gasteiger partial charge in [-0.15, -0.1) is 11.3 Å². The fourth-order valence-corrected chi connectivity index (χ4v) is 3.99. The van der Waals surface area contributed by atoms with Crippen molar-refractivity contribution in [1.29, 1.82) is 0 Å². The van der Waals surface area contributed by atoms with Crippen LogP contribution in [0, 0.1) is 0 Å². The van der Waals surface area contributed by atoms with Gasteiger partial charge >= 0.3 is 0 Å². The Kier molecular flexibility index (Phi) is 5.76. The molecule has 0 bridgehead atoms. The van der Waals surface area contributed by atoms with Crippen molar-refractivity contribution in [2.24, 2.45) is 0 Å². The smallest absolute Gasteiger partial charge is 0.220 e. The van der Waals surface area contributed by atoms with E-state index in [0.717, 1.165) is 16.9 Å². The Bertz CT molecular complexity index is 730. The van der Waals surface area contributed by atoms with E-state index < -0.39 is 0 Å². The van der Waals surface area contributed by atoms with Crippen molar-refractivity contribution in [2.45, 2.75) is 44.2 Å². The van der Waals surface area contributed by atoms with Gasteiger partial charge in [0.15, 0.2) is 0 Å². The van der Waals surface area contributed by atoms with Crippen LogP contribution >= 0.6 is 22.9 Å². The van der Waals surface area contributed by atoms with E-state index in [0.29, 0.717) is 37.3 Å². The van der Waals surface area contributed by atoms with Crippen LogP contribution < -0.4 is 10.6 Å². The summed E-state index contributed by atoms with van der Waals surface area (Å²) in [6, 6.07) is 11.6. The van der Waals surface area contributed by atoms with Crippen LogP contribution in [0.25, 0.3) is 0 Å². The molecule has 25 heavy (non-hydrogen) atoms. The van der Waals surface area contributed by atoms with Crippen molar-refractivity contribution in [3.8, 4) is 0 Å². The first-order chi connectivity index (χ1) is 12.0. The predicted octanol–water partition coefficient (Wildman–Crippen LogP) is 3.69. The number of thiophene rings is 1. The van der Waals surface area contributed by atoms with E-state index in [2.05, 4.69) is 10.6 Å². The third-order valence-electron chi connectivity index (χ3n) is 4.56. The van der Waals surface area contributed by atoms with E-state index >= 15 is 0 Å². The van der Waals surface area contributed by atoms with Gasteiger partial charge in [-0.25, -0.2) is 0 Å². The van der Waals surface area contributed by atoms with Gasteiger partial charge in [-0.2, -0.15) is 0 Å². The average molecular weight is 377 g/mol. The van der Waals surface area contributed by atoms with Gasteiger partial charge in [0.2, 0.25) is 11.8 Å². The summed E-state index contributed by atoms with van der Waals surface area (Å²) < 4.78 is 0. The Labute approximate surface area is 156 Å². The highest BCUT2D eigenvalue weighted by Crippen LogP contribution is 2.30. The first kappa shape index (κ1) is 18.0. The summed E-state index contributed by atoms with van der Waals surface area (Å²) in [5, 5.41) is 8.75. The number of amides is 2. The van der Waals surface area contributed by atoms with Gasteiger partial charge in [0, 0.05) is 28.3 Å². The molecule has 3 rings (SSSR count). The lowest BCUT2D eigenvalue weighted by atomic mass is 9.85. The lowest BCUT2D eigenvalue weighted by molar-refractivity contribution is -0.122. The highest BCUT2D eigenvalue weighted by atomic mass is 35.5. The topological polar surface area (TPSA) is 58.2 Å². The van der Waals surface area contributed by atoms with Crippen LogP contribution in [0.1, 0.15) is 36.1 Å². The van der Waals surface area contributed by atoms with Gasteiger partial charge < -0.3 is 10.6 Å². The summed E-state index contributed by atoms with van der Waals surface area (Å²) in [6.07, 6.45) is 3.03. The molecule has 1 aliphatic heterocycles. The van der Waals surface area contributed by atoms with Gasteiger partial charge in [-0.05, 0) is 48.4 Å². The fourth-order valence-electron chi connectivity index (χ4n) is 3.22. The van der Waals surface area contributed by atoms with E-state index in [1.165, 1.54) is 0 Å². The van der Waals surface area contributed by atoms with Crippen LogP contribution in [0.15, 0.2) is 41.8 Å². The van der Waals surface area contributed by atoms with Gasteiger partial charge in [0.05, 0.1) is 6.54 Å². The van der Waals surface area contributed by atoms with E-state index in [9.17, 15) is 9.59 Å². The number of halogens is 1. The molecule has 1 saturated heterocycles. The molecule has 0 spiro atoms. The molecular formula is C19H21ClN2O2S. The molecule has 0 saturated carbocycles. The fraction of sp³-hybridized carbons (Fsp3) is 0.368. The van der Waals surface area contributed by atoms with Gasteiger partial charge in [-0.3, -0.25) is 9.59 Å². The highest BCUT2D eigenvalue weighted by Gasteiger charge is 2.37. The zero-order chi connectivity index (χ0) is 17.7. The van der Waals surface area contributed by atoms with Crippen LogP contribution in [0.2, 0.25) is 5.02 Å². The molecular weight excluding hydrogens is 356 g/mol. The maximum Gasteiger partial charge on any atom is 0.220 e. The molecule has 2 aromatic rings. The number of carbonyl (C=O) groups is 2. The SMILES string of the molecule is O=C(CC[C@]1(Cc2ccc(Cl)cc2)CCC(=O)N1)NCc1cccs1. The molecule has 2 N–H and O–H groups in total. The van der Waals surface area contributed by atoms with Crippen molar-refractivity contribution in [3.63, 3.8) is 0 Å². The minimum absolute atomic E-state index is 0.0185. The van der Waals surface area contributed by atoms with Crippen LogP contribution in [0.5, 0.6) is 0 Å². The first-order valence-corrected chi connectivity index (χ1v) is 9.65. The standard InChI is InChI=1S/C19H21ClN2O2S/c20-15-5-3-14(4-6-15)12-19(10-8-18(24)22-19)9-7-17(23)21-13-16-2-1-11-25-16/h1-6,11H,7-10,12-13H2,(H,21,23)(H,22,24)/t19-/m1/s1. The Morgan fingerprint density at radius 2 is 2.08 bits per heavy atom. The molecule has 0 aliphatic carbocycles. The number of carbonyl (C=O) groups excluding carboxylic acids is 2. The van der Waals surface area contributed by atoms with Crippen LogP contribution in [0.3, 0.4) is 0 Å². The first-order valence-electron chi connectivity index (χ1n) is 8.39. The average Bonchev–Trinajstić information content (AvgIpc) is 3.24. The molecule has 132 valence electrons. The second-order valence-electron chi connectivity index (χ2n) is 6.49. The summed E-state index contributed by atoms with van der Waals surface area (Å²) in [5.74, 6) is 0.0815. The Morgan fingerprint density at radius 3 is 2.72 bits per heavy atom. The molecule has 1 atom stereocenters. The van der Waals surface area contributed by atoms with Crippen molar-refractivity contribution in [2.75, 3.05) is 0 Å². The van der Waals surface area contributed by atoms with E-state index in [1.54, 1.807) is 11.3 Å². The van der Waals surface area contributed by atoms with Gasteiger partial charge in [-0.1, -0.05) is 29.8 Å². The molecule has 1 aliphatic rings. The Morgan fingerprint density at radius 1 is 1.28 bits per heavy atom. The van der Waals surface area contributed by atoms with Crippen molar-refractivity contribution in [1.82, 2.24) is 10.6 Å². The third kappa shape index (κ3) is 5.06. The lowest BCUT2D eigenvalue weighted by Gasteiger charge is -2.29. The predicted molar refractivity (Wildman–Crippen MR) is 101 cm³/mol. The number of hydrogen-bond donors (Lipinski definition) is 2. The lowest BCUT2D eigenvalue weighted by Crippen LogP contribution is -2.44. The maximum absolute atomic E-state index is 12.2. The van der Waals surface area contributed by atoms with E-state index in [1.807, 2.05) is 41.8 Å². The third-order valence-corrected chi connectivity index (χ3v) is 5.69. The van der Waals surface area contributed by atoms with E-state index in [4.69, 9.17) is 11.6 Å². The second kappa shape index (κ2) is 8.02. The van der Waals surface area contributed by atoms with E-state index in [-0.39, 0.29) is 17.4 Å². The normalized spacial score (nSPS) is 19.6. The van der Waals surface area contributed by atoms with Crippen LogP contribution in [-0.4, -0.2) is 17.4 Å². The molecule has 0 unspecified atom stereocenters. The molecule has 2 heterocycles. The van der Waals surface area contributed by atoms with Crippen molar-refractivity contribution < 1.29 is 9.59 Å². The number of nitrogens with one attached hydrogen (secondary N) is 2.